The molecule has 0 radical (unpaired) electrons. The Balaban J connectivity index is 1.52. The van der Waals surface area contributed by atoms with E-state index in [4.69, 9.17) is 20.8 Å². The van der Waals surface area contributed by atoms with Crippen molar-refractivity contribution in [3.8, 4) is 0 Å². The number of carbonyl (C=O) groups excluding carboxylic acids is 2. The van der Waals surface area contributed by atoms with Gasteiger partial charge in [0.15, 0.2) is 6.61 Å². The van der Waals surface area contributed by atoms with Crippen LogP contribution >= 0.6 is 11.6 Å². The van der Waals surface area contributed by atoms with E-state index in [0.29, 0.717) is 12.3 Å². The Hall–Kier alpha value is -3.66. The van der Waals surface area contributed by atoms with E-state index in [-0.39, 0.29) is 22.2 Å². The number of furan rings is 1. The number of esters is 1. The molecule has 3 aromatic rings. The number of nitrogens with zero attached hydrogens (tertiary/aromatic N) is 3. The number of aromatic nitrogens is 2. The largest absolute Gasteiger partial charge is 0.452 e. The van der Waals surface area contributed by atoms with Gasteiger partial charge in [0, 0.05) is 24.5 Å². The first-order valence-corrected chi connectivity index (χ1v) is 8.27. The van der Waals surface area contributed by atoms with Gasteiger partial charge in [0.1, 0.15) is 5.76 Å². The van der Waals surface area contributed by atoms with Crippen LogP contribution in [0.2, 0.25) is 5.02 Å². The summed E-state index contributed by atoms with van der Waals surface area (Å²) in [6.07, 6.45) is 3.36. The monoisotopic (exact) mass is 404 g/mol. The summed E-state index contributed by atoms with van der Waals surface area (Å²) in [7, 11) is 0. The van der Waals surface area contributed by atoms with Crippen LogP contribution in [0.1, 0.15) is 16.3 Å². The van der Waals surface area contributed by atoms with Gasteiger partial charge in [0.05, 0.1) is 22.2 Å². The zero-order chi connectivity index (χ0) is 20.1. The molecule has 1 aromatic carbocycles. The summed E-state index contributed by atoms with van der Waals surface area (Å²) >= 11 is 5.89. The van der Waals surface area contributed by atoms with Gasteiger partial charge in [0.25, 0.3) is 11.6 Å². The number of hydrogen-bond donors (Lipinski definition) is 1. The van der Waals surface area contributed by atoms with E-state index in [0.717, 1.165) is 6.07 Å². The summed E-state index contributed by atoms with van der Waals surface area (Å²) in [6.45, 7) is -0.235. The zero-order valence-corrected chi connectivity index (χ0v) is 15.0. The predicted molar refractivity (Wildman–Crippen MR) is 97.1 cm³/mol. The fourth-order valence-corrected chi connectivity index (χ4v) is 2.46. The van der Waals surface area contributed by atoms with Gasteiger partial charge in [0.2, 0.25) is 5.76 Å². The van der Waals surface area contributed by atoms with Crippen molar-refractivity contribution < 1.29 is 23.7 Å². The molecule has 10 nitrogen and oxygen atoms in total. The predicted octanol–water partition coefficient (Wildman–Crippen LogP) is 2.88. The van der Waals surface area contributed by atoms with E-state index in [2.05, 4.69) is 10.4 Å². The molecule has 28 heavy (non-hydrogen) atoms. The molecule has 1 N–H and O–H groups in total. The quantitative estimate of drug-likeness (QED) is 0.364. The lowest BCUT2D eigenvalue weighted by Crippen LogP contribution is -2.21. The van der Waals surface area contributed by atoms with Crippen molar-refractivity contribution in [1.29, 1.82) is 0 Å². The van der Waals surface area contributed by atoms with Crippen molar-refractivity contribution in [3.63, 3.8) is 0 Å². The molecule has 0 aliphatic carbocycles. The molecule has 0 saturated heterocycles. The highest BCUT2D eigenvalue weighted by atomic mass is 35.5. The van der Waals surface area contributed by atoms with Crippen LogP contribution in [0.4, 0.5) is 11.4 Å². The zero-order valence-electron chi connectivity index (χ0n) is 14.2. The minimum atomic E-state index is -0.809. The molecular formula is C17H13ClN4O6. The number of anilines is 1. The molecule has 0 aliphatic rings. The molecule has 0 bridgehead atoms. The lowest BCUT2D eigenvalue weighted by molar-refractivity contribution is -0.384. The van der Waals surface area contributed by atoms with Crippen LogP contribution in [-0.2, 0) is 16.1 Å². The first-order chi connectivity index (χ1) is 13.4. The Kier molecular flexibility index (Phi) is 5.70. The highest BCUT2D eigenvalue weighted by Crippen LogP contribution is 2.26. The Bertz CT molecular complexity index is 1010. The highest BCUT2D eigenvalue weighted by molar-refractivity contribution is 6.34. The minimum Gasteiger partial charge on any atom is -0.452 e. The Morgan fingerprint density at radius 3 is 2.82 bits per heavy atom. The second-order valence-electron chi connectivity index (χ2n) is 5.52. The molecule has 11 heteroatoms. The Morgan fingerprint density at radius 2 is 2.14 bits per heavy atom. The molecule has 2 aromatic heterocycles. The molecule has 0 aliphatic heterocycles. The van der Waals surface area contributed by atoms with E-state index in [1.807, 2.05) is 0 Å². The number of halogens is 1. The standard InChI is InChI=1S/C17H13ClN4O6/c18-13-8-11(22(25)26)2-4-14(13)20-16(23)10-27-17(24)15-5-3-12(28-15)9-21-7-1-6-19-21/h1-8H,9-10H2,(H,20,23). The third-order valence-electron chi connectivity index (χ3n) is 3.51. The number of amides is 1. The maximum Gasteiger partial charge on any atom is 0.374 e. The van der Waals surface area contributed by atoms with Gasteiger partial charge in [-0.15, -0.1) is 0 Å². The number of benzene rings is 1. The van der Waals surface area contributed by atoms with E-state index in [1.54, 1.807) is 29.2 Å². The fourth-order valence-electron chi connectivity index (χ4n) is 2.23. The second-order valence-corrected chi connectivity index (χ2v) is 5.92. The molecular weight excluding hydrogens is 392 g/mol. The number of ether oxygens (including phenoxy) is 1. The maximum atomic E-state index is 12.0. The van der Waals surface area contributed by atoms with Gasteiger partial charge in [-0.25, -0.2) is 4.79 Å². The van der Waals surface area contributed by atoms with Crippen LogP contribution in [0.25, 0.3) is 0 Å². The highest BCUT2D eigenvalue weighted by Gasteiger charge is 2.16. The summed E-state index contributed by atoms with van der Waals surface area (Å²) < 4.78 is 11.9. The third kappa shape index (κ3) is 4.74. The Morgan fingerprint density at radius 1 is 1.32 bits per heavy atom. The third-order valence-corrected chi connectivity index (χ3v) is 3.82. The number of non-ortho nitro benzene ring substituents is 1. The maximum absolute atomic E-state index is 12.0. The number of carbonyl (C=O) groups is 2. The van der Waals surface area contributed by atoms with Crippen LogP contribution in [0, 0.1) is 10.1 Å². The molecule has 0 fully saturated rings. The number of nitrogens with one attached hydrogen (secondary N) is 1. The lowest BCUT2D eigenvalue weighted by Gasteiger charge is -2.07. The first kappa shape index (κ1) is 19.1. The summed E-state index contributed by atoms with van der Waals surface area (Å²) in [5, 5.41) is 17.1. The first-order valence-electron chi connectivity index (χ1n) is 7.89. The minimum absolute atomic E-state index is 0.0109. The van der Waals surface area contributed by atoms with Crippen molar-refractivity contribution in [2.75, 3.05) is 11.9 Å². The molecule has 3 rings (SSSR count). The molecule has 0 spiro atoms. The molecule has 1 amide bonds. The van der Waals surface area contributed by atoms with E-state index < -0.39 is 23.4 Å². The summed E-state index contributed by atoms with van der Waals surface area (Å²) in [4.78, 5) is 34.0. The Labute approximate surface area is 162 Å². The average Bonchev–Trinajstić information content (AvgIpc) is 3.34. The molecule has 0 saturated carbocycles. The van der Waals surface area contributed by atoms with Gasteiger partial charge in [-0.3, -0.25) is 19.6 Å². The molecule has 0 atom stereocenters. The topological polar surface area (TPSA) is 130 Å². The second kappa shape index (κ2) is 8.35. The van der Waals surface area contributed by atoms with Crippen LogP contribution in [-0.4, -0.2) is 33.2 Å². The van der Waals surface area contributed by atoms with Crippen molar-refractivity contribution in [1.82, 2.24) is 9.78 Å². The normalized spacial score (nSPS) is 10.5. The van der Waals surface area contributed by atoms with Crippen molar-refractivity contribution in [2.45, 2.75) is 6.54 Å². The van der Waals surface area contributed by atoms with Crippen LogP contribution < -0.4 is 5.32 Å². The fraction of sp³-hybridized carbons (Fsp3) is 0.118. The van der Waals surface area contributed by atoms with Crippen molar-refractivity contribution in [3.05, 3.63) is 75.4 Å². The van der Waals surface area contributed by atoms with Crippen molar-refractivity contribution >= 4 is 34.9 Å². The number of hydrogen-bond acceptors (Lipinski definition) is 7. The lowest BCUT2D eigenvalue weighted by atomic mass is 10.3. The van der Waals surface area contributed by atoms with E-state index in [9.17, 15) is 19.7 Å². The summed E-state index contributed by atoms with van der Waals surface area (Å²) in [5.74, 6) is -1.02. The number of rotatable bonds is 7. The van der Waals surface area contributed by atoms with Crippen LogP contribution in [0.5, 0.6) is 0 Å². The van der Waals surface area contributed by atoms with Crippen molar-refractivity contribution in [2.24, 2.45) is 0 Å². The summed E-state index contributed by atoms with van der Waals surface area (Å²) in [6, 6.07) is 8.38. The smallest absolute Gasteiger partial charge is 0.374 e. The number of nitro groups is 1. The van der Waals surface area contributed by atoms with Gasteiger partial charge < -0.3 is 14.5 Å². The van der Waals surface area contributed by atoms with Gasteiger partial charge >= 0.3 is 5.97 Å². The van der Waals surface area contributed by atoms with Gasteiger partial charge in [-0.2, -0.15) is 5.10 Å². The SMILES string of the molecule is O=C(COC(=O)c1ccc(Cn2cccn2)o1)Nc1ccc([N+](=O)[O-])cc1Cl. The van der Waals surface area contributed by atoms with Gasteiger partial charge in [-0.05, 0) is 24.3 Å². The van der Waals surface area contributed by atoms with E-state index in [1.165, 1.54) is 18.2 Å². The van der Waals surface area contributed by atoms with Gasteiger partial charge in [-0.1, -0.05) is 11.6 Å². The van der Waals surface area contributed by atoms with Crippen LogP contribution in [0.15, 0.2) is 53.2 Å². The molecule has 0 unspecified atom stereocenters. The number of nitro benzene ring substituents is 1. The van der Waals surface area contributed by atoms with Crippen LogP contribution in [0.3, 0.4) is 0 Å². The summed E-state index contributed by atoms with van der Waals surface area (Å²) in [5.41, 5.74) is -0.0500. The molecule has 2 heterocycles. The average molecular weight is 405 g/mol. The van der Waals surface area contributed by atoms with E-state index >= 15 is 0 Å². The molecule has 144 valence electrons.